The van der Waals surface area contributed by atoms with Crippen molar-refractivity contribution < 1.29 is 43.6 Å². The molecule has 4 aliphatic carbocycles. The van der Waals surface area contributed by atoms with Crippen molar-refractivity contribution in [2.24, 2.45) is 28.6 Å². The summed E-state index contributed by atoms with van der Waals surface area (Å²) in [6.45, 7) is 6.56. The molecule has 1 aromatic carbocycles. The molecule has 11 nitrogen and oxygen atoms in total. The lowest BCUT2D eigenvalue weighted by Gasteiger charge is -2.60. The molecule has 0 amide bonds. The Kier molecular flexibility index (Phi) is 11.2. The van der Waals surface area contributed by atoms with E-state index in [1.54, 1.807) is 0 Å². The van der Waals surface area contributed by atoms with E-state index in [1.165, 1.54) is 11.1 Å². The molecule has 1 unspecified atom stereocenters. The number of aliphatic hydroxyl groups is 2. The van der Waals surface area contributed by atoms with Crippen molar-refractivity contribution in [2.75, 3.05) is 19.4 Å². The number of carbonyl (C=O) groups is 1. The maximum atomic E-state index is 13.6. The number of nitrogens with zero attached hydrogens (tertiary/aromatic N) is 2. The van der Waals surface area contributed by atoms with Crippen LogP contribution in [-0.4, -0.2) is 79.0 Å². The summed E-state index contributed by atoms with van der Waals surface area (Å²) in [5.41, 5.74) is 2.49. The fraction of sp³-hybridized carbons (Fsp3) is 0.707. The second kappa shape index (κ2) is 15.3. The Balaban J connectivity index is 0.985. The minimum absolute atomic E-state index is 0.0152. The molecule has 1 aromatic heterocycles. The van der Waals surface area contributed by atoms with E-state index in [9.17, 15) is 19.6 Å². The van der Waals surface area contributed by atoms with Crippen molar-refractivity contribution in [3.63, 3.8) is 0 Å². The average molecular weight is 755 g/mol. The summed E-state index contributed by atoms with van der Waals surface area (Å²) in [6.07, 6.45) is 14.8. The number of benzene rings is 1. The van der Waals surface area contributed by atoms with Gasteiger partial charge in [-0.25, -0.2) is 4.68 Å². The average Bonchev–Trinajstić information content (AvgIpc) is 3.76. The molecule has 0 radical (unpaired) electrons. The number of carbonyl (C=O) groups excluding carboxylic acids is 1. The van der Waals surface area contributed by atoms with Crippen LogP contribution in [0.2, 0.25) is 0 Å². The molecule has 292 valence electrons. The Hall–Kier alpha value is -2.37. The summed E-state index contributed by atoms with van der Waals surface area (Å²) in [5.74, 6) is 0.884. The van der Waals surface area contributed by atoms with E-state index in [2.05, 4.69) is 26.8 Å². The normalized spacial score (nSPS) is 34.4. The zero-order valence-electron chi connectivity index (χ0n) is 31.6. The molecule has 12 heteroatoms. The van der Waals surface area contributed by atoms with E-state index >= 15 is 0 Å². The van der Waals surface area contributed by atoms with E-state index in [0.717, 1.165) is 81.3 Å². The van der Waals surface area contributed by atoms with Gasteiger partial charge in [0.15, 0.2) is 17.7 Å². The van der Waals surface area contributed by atoms with Crippen LogP contribution in [0.4, 0.5) is 0 Å². The first kappa shape index (κ1) is 38.9. The summed E-state index contributed by atoms with van der Waals surface area (Å²) in [4.78, 5) is 31.5. The molecular formula is C41H59N2O9P. The molecule has 0 spiro atoms. The molecule has 5 aliphatic rings. The Labute approximate surface area is 313 Å². The van der Waals surface area contributed by atoms with Crippen molar-refractivity contribution in [1.82, 2.24) is 9.78 Å². The number of Topliss-reactive ketones (excluding diaryl/α,β-unsaturated/α-hetero) is 1. The monoisotopic (exact) mass is 754 g/mol. The number of allylic oxidation sites excluding steroid dienone is 1. The molecule has 7 rings (SSSR count). The molecule has 4 N–H and O–H groups in total. The fourth-order valence-electron chi connectivity index (χ4n) is 11.4. The molecule has 0 bridgehead atoms. The van der Waals surface area contributed by atoms with Gasteiger partial charge in [-0.15, -0.1) is 0 Å². The third kappa shape index (κ3) is 7.02. The molecule has 1 aliphatic heterocycles. The summed E-state index contributed by atoms with van der Waals surface area (Å²) in [7, 11) is -3.87. The Morgan fingerprint density at radius 1 is 1.08 bits per heavy atom. The van der Waals surface area contributed by atoms with Gasteiger partial charge in [0.05, 0.1) is 36.4 Å². The van der Waals surface area contributed by atoms with Gasteiger partial charge in [0.2, 0.25) is 0 Å². The Bertz CT molecular complexity index is 1700. The molecule has 1 saturated heterocycles. The van der Waals surface area contributed by atoms with Crippen molar-refractivity contribution in [2.45, 2.75) is 135 Å². The number of fused-ring (bicyclic) bond motifs is 8. The molecule has 4 fully saturated rings. The first-order chi connectivity index (χ1) is 25.3. The minimum Gasteiger partial charge on any atom is -0.494 e. The topological polar surface area (TPSA) is 161 Å². The third-order valence-corrected chi connectivity index (χ3v) is 14.6. The quantitative estimate of drug-likeness (QED) is 0.106. The van der Waals surface area contributed by atoms with E-state index in [-0.39, 0.29) is 35.1 Å². The largest absolute Gasteiger partial charge is 0.494 e. The molecular weight excluding hydrogens is 695 g/mol. The maximum Gasteiger partial charge on any atom is 0.325 e. The van der Waals surface area contributed by atoms with E-state index in [4.69, 9.17) is 29.1 Å². The number of rotatable bonds is 16. The van der Waals surface area contributed by atoms with Crippen LogP contribution in [0.1, 0.15) is 115 Å². The van der Waals surface area contributed by atoms with Crippen molar-refractivity contribution in [3.8, 4) is 11.4 Å². The highest BCUT2D eigenvalue weighted by molar-refractivity contribution is 7.51. The number of aliphatic hydroxyl groups excluding tert-OH is 2. The highest BCUT2D eigenvalue weighted by Crippen LogP contribution is 2.70. The highest BCUT2D eigenvalue weighted by Gasteiger charge is 2.75. The molecule has 53 heavy (non-hydrogen) atoms. The van der Waals surface area contributed by atoms with Gasteiger partial charge >= 0.3 is 7.60 Å². The van der Waals surface area contributed by atoms with Gasteiger partial charge in [-0.3, -0.25) is 9.36 Å². The number of ether oxygens (including phenoxy) is 3. The van der Waals surface area contributed by atoms with Crippen LogP contribution < -0.4 is 4.74 Å². The van der Waals surface area contributed by atoms with Crippen molar-refractivity contribution >= 4 is 19.5 Å². The lowest BCUT2D eigenvalue weighted by molar-refractivity contribution is -0.202. The zero-order chi connectivity index (χ0) is 37.6. The van der Waals surface area contributed by atoms with Crippen LogP contribution in [0.5, 0.6) is 5.75 Å². The number of ketones is 1. The van der Waals surface area contributed by atoms with E-state index in [1.807, 2.05) is 35.1 Å². The van der Waals surface area contributed by atoms with Crippen LogP contribution in [0.15, 0.2) is 36.0 Å². The summed E-state index contributed by atoms with van der Waals surface area (Å²) < 4.78 is 32.0. The van der Waals surface area contributed by atoms with Gasteiger partial charge in [0.25, 0.3) is 0 Å². The van der Waals surface area contributed by atoms with E-state index in [0.29, 0.717) is 32.3 Å². The molecule has 9 atom stereocenters. The fourth-order valence-corrected chi connectivity index (χ4v) is 12.0. The second-order valence-electron chi connectivity index (χ2n) is 17.0. The van der Waals surface area contributed by atoms with Crippen molar-refractivity contribution in [1.29, 1.82) is 0 Å². The number of unbranched alkanes of at least 4 members (excludes halogenated alkanes) is 6. The Morgan fingerprint density at radius 3 is 2.49 bits per heavy atom. The molecule has 2 heterocycles. The highest BCUT2D eigenvalue weighted by atomic mass is 31.2. The van der Waals surface area contributed by atoms with Gasteiger partial charge in [-0.1, -0.05) is 64.9 Å². The predicted molar refractivity (Wildman–Crippen MR) is 201 cm³/mol. The second-order valence-corrected chi connectivity index (χ2v) is 18.7. The van der Waals surface area contributed by atoms with Crippen LogP contribution >= 0.6 is 7.60 Å². The standard InChI is InChI=1S/C41H59N2O9P/c1-4-12-37-51-36-22-32-31-18-13-28-21-33-27(23-39(28,2)38(31)34(45)24-40(32,3)41(36,52-37)35(46)26-44)25-42-43(33)29-14-16-30(17-15-29)50-19-10-8-6-5-7-9-11-20-53(47,48)49/h14-17,21,25,31-32,34,36-38,44-45H,4-13,18-20,22-24,26H2,1-3H3,(H2,47,48,49)/t31-,32-,34-,36+,37?,38+,39-,40-,41+/m0/s1. The minimum atomic E-state index is -3.87. The van der Waals surface area contributed by atoms with Crippen LogP contribution in [0.3, 0.4) is 0 Å². The molecule has 2 aromatic rings. The van der Waals surface area contributed by atoms with Crippen LogP contribution in [0, 0.1) is 28.6 Å². The number of hydrogen-bond acceptors (Lipinski definition) is 8. The Morgan fingerprint density at radius 2 is 1.79 bits per heavy atom. The summed E-state index contributed by atoms with van der Waals surface area (Å²) >= 11 is 0. The number of aromatic nitrogens is 2. The van der Waals surface area contributed by atoms with Crippen molar-refractivity contribution in [3.05, 3.63) is 47.3 Å². The SMILES string of the molecule is CCCC1O[C@@H]2C[C@H]3[C@@H]4CCC5=Cc6c(cnn6-c6ccc(OCCCCCCCCCP(=O)(O)O)cc6)C[C@]5(C)[C@H]4[C@@H](O)C[C@]3(C)[C@]2(C(=O)CO)O1. The van der Waals surface area contributed by atoms with Gasteiger partial charge in [-0.05, 0) is 110 Å². The first-order valence-corrected chi connectivity index (χ1v) is 21.9. The third-order valence-electron chi connectivity index (χ3n) is 13.7. The van der Waals surface area contributed by atoms with Gasteiger partial charge in [0.1, 0.15) is 12.4 Å². The zero-order valence-corrected chi connectivity index (χ0v) is 32.5. The lowest BCUT2D eigenvalue weighted by atomic mass is 9.45. The maximum absolute atomic E-state index is 13.6. The first-order valence-electron chi connectivity index (χ1n) is 20.1. The summed E-state index contributed by atoms with van der Waals surface area (Å²) in [6, 6.07) is 8.08. The van der Waals surface area contributed by atoms with Gasteiger partial charge in [0, 0.05) is 11.6 Å². The lowest BCUT2D eigenvalue weighted by Crippen LogP contribution is -2.64. The molecule has 3 saturated carbocycles. The number of hydrogen-bond donors (Lipinski definition) is 4. The van der Waals surface area contributed by atoms with E-state index < -0.39 is 43.7 Å². The summed E-state index contributed by atoms with van der Waals surface area (Å²) in [5, 5.41) is 27.2. The van der Waals surface area contributed by atoms with Gasteiger partial charge < -0.3 is 34.2 Å². The smallest absolute Gasteiger partial charge is 0.325 e. The predicted octanol–water partition coefficient (Wildman–Crippen LogP) is 6.76. The van der Waals surface area contributed by atoms with Crippen LogP contribution in [-0.2, 0) is 25.3 Å². The van der Waals surface area contributed by atoms with Gasteiger partial charge in [-0.2, -0.15) is 5.10 Å². The van der Waals surface area contributed by atoms with Crippen LogP contribution in [0.25, 0.3) is 11.8 Å².